The summed E-state index contributed by atoms with van der Waals surface area (Å²) in [7, 11) is 0. The molecular weight excluding hydrogens is 402 g/mol. The van der Waals surface area contributed by atoms with Gasteiger partial charge in [-0.3, -0.25) is 9.59 Å². The maximum atomic E-state index is 12.9. The lowest BCUT2D eigenvalue weighted by Gasteiger charge is -2.15. The molecule has 1 aliphatic heterocycles. The van der Waals surface area contributed by atoms with E-state index in [9.17, 15) is 9.59 Å². The van der Waals surface area contributed by atoms with Gasteiger partial charge in [0.25, 0.3) is 5.91 Å². The summed E-state index contributed by atoms with van der Waals surface area (Å²) in [5, 5.41) is 6.08. The number of nitrogens with zero attached hydrogens (tertiary/aromatic N) is 3. The third-order valence-electron chi connectivity index (χ3n) is 5.43. The van der Waals surface area contributed by atoms with Gasteiger partial charge in [0.2, 0.25) is 11.9 Å². The first-order valence-electron chi connectivity index (χ1n) is 10.8. The highest BCUT2D eigenvalue weighted by molar-refractivity contribution is 6.08. The average molecular weight is 430 g/mol. The molecule has 0 radical (unpaired) electrons. The number of para-hydroxylation sites is 1. The number of amides is 2. The zero-order chi connectivity index (χ0) is 22.5. The van der Waals surface area contributed by atoms with E-state index in [1.54, 1.807) is 6.07 Å². The van der Waals surface area contributed by atoms with Crippen LogP contribution in [0.3, 0.4) is 0 Å². The summed E-state index contributed by atoms with van der Waals surface area (Å²) in [5.74, 6) is 0.376. The van der Waals surface area contributed by atoms with Gasteiger partial charge in [-0.15, -0.1) is 0 Å². The van der Waals surface area contributed by atoms with E-state index in [-0.39, 0.29) is 11.8 Å². The van der Waals surface area contributed by atoms with Crippen LogP contribution in [0.4, 0.5) is 17.3 Å². The third-order valence-corrected chi connectivity index (χ3v) is 5.43. The largest absolute Gasteiger partial charge is 0.342 e. The molecule has 1 aliphatic rings. The van der Waals surface area contributed by atoms with Gasteiger partial charge in [-0.2, -0.15) is 0 Å². The fraction of sp³-hybridized carbons (Fsp3) is 0.280. The summed E-state index contributed by atoms with van der Waals surface area (Å²) in [4.78, 5) is 36.0. The van der Waals surface area contributed by atoms with Crippen molar-refractivity contribution in [3.8, 4) is 0 Å². The fourth-order valence-electron chi connectivity index (χ4n) is 3.85. The SMILES string of the molecule is Cc1cc(C)nc(Nc2ccccc2C(=O)Nc2ccc(CC(=O)N3CCCC3)cc2)n1. The molecule has 2 aromatic carbocycles. The smallest absolute Gasteiger partial charge is 0.257 e. The number of hydrogen-bond acceptors (Lipinski definition) is 5. The molecule has 1 fully saturated rings. The molecule has 32 heavy (non-hydrogen) atoms. The lowest BCUT2D eigenvalue weighted by Crippen LogP contribution is -2.29. The number of aromatic nitrogens is 2. The van der Waals surface area contributed by atoms with Crippen molar-refractivity contribution in [3.05, 3.63) is 77.1 Å². The van der Waals surface area contributed by atoms with Crippen LogP contribution in [0.2, 0.25) is 0 Å². The third kappa shape index (κ3) is 5.29. The second kappa shape index (κ2) is 9.60. The molecular formula is C25H27N5O2. The molecule has 0 bridgehead atoms. The molecule has 7 heteroatoms. The van der Waals surface area contributed by atoms with Gasteiger partial charge in [0, 0.05) is 30.2 Å². The van der Waals surface area contributed by atoms with Crippen LogP contribution in [-0.2, 0) is 11.2 Å². The highest BCUT2D eigenvalue weighted by Crippen LogP contribution is 2.21. The second-order valence-corrected chi connectivity index (χ2v) is 8.06. The van der Waals surface area contributed by atoms with Gasteiger partial charge in [0.05, 0.1) is 17.7 Å². The van der Waals surface area contributed by atoms with E-state index in [4.69, 9.17) is 0 Å². The van der Waals surface area contributed by atoms with Crippen LogP contribution in [0, 0.1) is 13.8 Å². The lowest BCUT2D eigenvalue weighted by molar-refractivity contribution is -0.129. The van der Waals surface area contributed by atoms with Crippen molar-refractivity contribution in [1.82, 2.24) is 14.9 Å². The Morgan fingerprint density at radius 2 is 1.59 bits per heavy atom. The monoisotopic (exact) mass is 429 g/mol. The number of carbonyl (C=O) groups is 2. The molecule has 2 N–H and O–H groups in total. The molecule has 164 valence electrons. The zero-order valence-electron chi connectivity index (χ0n) is 18.4. The Hall–Kier alpha value is -3.74. The van der Waals surface area contributed by atoms with Gasteiger partial charge < -0.3 is 15.5 Å². The average Bonchev–Trinajstić information content (AvgIpc) is 3.30. The van der Waals surface area contributed by atoms with E-state index in [0.29, 0.717) is 29.3 Å². The summed E-state index contributed by atoms with van der Waals surface area (Å²) in [6, 6.07) is 16.6. The Morgan fingerprint density at radius 1 is 0.938 bits per heavy atom. The summed E-state index contributed by atoms with van der Waals surface area (Å²) >= 11 is 0. The maximum Gasteiger partial charge on any atom is 0.257 e. The minimum absolute atomic E-state index is 0.160. The van der Waals surface area contributed by atoms with Crippen LogP contribution < -0.4 is 10.6 Å². The minimum Gasteiger partial charge on any atom is -0.342 e. The van der Waals surface area contributed by atoms with Crippen molar-refractivity contribution in [2.75, 3.05) is 23.7 Å². The number of carbonyl (C=O) groups excluding carboxylic acids is 2. The quantitative estimate of drug-likeness (QED) is 0.612. The molecule has 7 nitrogen and oxygen atoms in total. The number of nitrogens with one attached hydrogen (secondary N) is 2. The highest BCUT2D eigenvalue weighted by Gasteiger charge is 2.18. The van der Waals surface area contributed by atoms with Gasteiger partial charge >= 0.3 is 0 Å². The van der Waals surface area contributed by atoms with Crippen LogP contribution in [0.25, 0.3) is 0 Å². The number of rotatable bonds is 6. The van der Waals surface area contributed by atoms with Crippen molar-refractivity contribution < 1.29 is 9.59 Å². The molecule has 2 heterocycles. The van der Waals surface area contributed by atoms with Crippen molar-refractivity contribution in [2.45, 2.75) is 33.1 Å². The Labute approximate surface area is 187 Å². The molecule has 4 rings (SSSR count). The minimum atomic E-state index is -0.238. The van der Waals surface area contributed by atoms with E-state index in [0.717, 1.165) is 42.9 Å². The number of likely N-dealkylation sites (tertiary alicyclic amines) is 1. The molecule has 0 aliphatic carbocycles. The normalized spacial score (nSPS) is 13.1. The lowest BCUT2D eigenvalue weighted by atomic mass is 10.1. The van der Waals surface area contributed by atoms with E-state index >= 15 is 0 Å². The Kier molecular flexibility index (Phi) is 6.44. The standard InChI is InChI=1S/C25H27N5O2/c1-17-15-18(2)27-25(26-17)29-22-8-4-3-7-21(22)24(32)28-20-11-9-19(10-12-20)16-23(31)30-13-5-6-14-30/h3-4,7-12,15H,5-6,13-14,16H2,1-2H3,(H,28,32)(H,26,27,29). The van der Waals surface area contributed by atoms with Gasteiger partial charge in [0.15, 0.2) is 0 Å². The van der Waals surface area contributed by atoms with Crippen LogP contribution in [0.5, 0.6) is 0 Å². The summed E-state index contributed by atoms with van der Waals surface area (Å²) in [6.45, 7) is 5.52. The van der Waals surface area contributed by atoms with Crippen LogP contribution in [-0.4, -0.2) is 39.8 Å². The van der Waals surface area contributed by atoms with Crippen molar-refractivity contribution in [3.63, 3.8) is 0 Å². The Bertz CT molecular complexity index is 1100. The summed E-state index contributed by atoms with van der Waals surface area (Å²) in [5.41, 5.74) is 4.43. The van der Waals surface area contributed by atoms with E-state index < -0.39 is 0 Å². The summed E-state index contributed by atoms with van der Waals surface area (Å²) in [6.07, 6.45) is 2.56. The van der Waals surface area contributed by atoms with Crippen molar-refractivity contribution in [1.29, 1.82) is 0 Å². The summed E-state index contributed by atoms with van der Waals surface area (Å²) < 4.78 is 0. The number of benzene rings is 2. The molecule has 0 atom stereocenters. The van der Waals surface area contributed by atoms with E-state index in [2.05, 4.69) is 20.6 Å². The van der Waals surface area contributed by atoms with Gasteiger partial charge in [-0.1, -0.05) is 24.3 Å². The van der Waals surface area contributed by atoms with Gasteiger partial charge in [0.1, 0.15) is 0 Å². The van der Waals surface area contributed by atoms with E-state index in [1.807, 2.05) is 67.3 Å². The molecule has 2 amide bonds. The molecule has 3 aromatic rings. The first kappa shape index (κ1) is 21.5. The topological polar surface area (TPSA) is 87.2 Å². The first-order chi connectivity index (χ1) is 15.5. The van der Waals surface area contributed by atoms with Crippen LogP contribution in [0.15, 0.2) is 54.6 Å². The number of hydrogen-bond donors (Lipinski definition) is 2. The predicted octanol–water partition coefficient (Wildman–Crippen LogP) is 4.25. The zero-order valence-corrected chi connectivity index (χ0v) is 18.4. The Morgan fingerprint density at radius 3 is 2.28 bits per heavy atom. The van der Waals surface area contributed by atoms with Crippen LogP contribution in [0.1, 0.15) is 40.2 Å². The van der Waals surface area contributed by atoms with Gasteiger partial charge in [-0.05, 0) is 62.6 Å². The Balaban J connectivity index is 1.43. The van der Waals surface area contributed by atoms with Crippen molar-refractivity contribution in [2.24, 2.45) is 0 Å². The molecule has 1 aromatic heterocycles. The molecule has 0 spiro atoms. The van der Waals surface area contributed by atoms with Crippen molar-refractivity contribution >= 4 is 29.1 Å². The second-order valence-electron chi connectivity index (χ2n) is 8.06. The fourth-order valence-corrected chi connectivity index (χ4v) is 3.85. The van der Waals surface area contributed by atoms with Gasteiger partial charge in [-0.25, -0.2) is 9.97 Å². The van der Waals surface area contributed by atoms with E-state index in [1.165, 1.54) is 0 Å². The van der Waals surface area contributed by atoms with Crippen LogP contribution >= 0.6 is 0 Å². The predicted molar refractivity (Wildman–Crippen MR) is 125 cm³/mol. The molecule has 0 unspecified atom stereocenters. The number of anilines is 3. The highest BCUT2D eigenvalue weighted by atomic mass is 16.2. The number of aryl methyl sites for hydroxylation is 2. The maximum absolute atomic E-state index is 12.9. The molecule has 0 saturated carbocycles. The molecule has 1 saturated heterocycles. The first-order valence-corrected chi connectivity index (χ1v) is 10.8.